The van der Waals surface area contributed by atoms with Crippen LogP contribution in [0.3, 0.4) is 0 Å². The smallest absolute Gasteiger partial charge is 0.143 e. The molecule has 2 unspecified atom stereocenters. The van der Waals surface area contributed by atoms with E-state index in [4.69, 9.17) is 10.5 Å². The van der Waals surface area contributed by atoms with Crippen LogP contribution in [0.1, 0.15) is 38.4 Å². The number of likely N-dealkylation sites (N-methyl/N-ethyl adjacent to an activating group) is 1. The van der Waals surface area contributed by atoms with Gasteiger partial charge in [0, 0.05) is 6.54 Å². The lowest BCUT2D eigenvalue weighted by molar-refractivity contribution is 0.169. The van der Waals surface area contributed by atoms with Crippen LogP contribution >= 0.6 is 0 Å². The van der Waals surface area contributed by atoms with E-state index in [9.17, 15) is 5.11 Å². The van der Waals surface area contributed by atoms with Crippen LogP contribution in [-0.2, 0) is 0 Å². The molecular formula is C15H24N2O2. The van der Waals surface area contributed by atoms with Crippen LogP contribution in [0, 0.1) is 0 Å². The SMILES string of the molecule is CCC1CN(CC)c2cc(C(O)CCN)ccc2O1. The quantitative estimate of drug-likeness (QED) is 0.854. The Kier molecular flexibility index (Phi) is 4.66. The Morgan fingerprint density at radius 3 is 2.89 bits per heavy atom. The first kappa shape index (κ1) is 14.2. The molecule has 0 aromatic heterocycles. The molecule has 0 fully saturated rings. The summed E-state index contributed by atoms with van der Waals surface area (Å²) in [7, 11) is 0. The molecule has 2 rings (SSSR count). The number of nitrogens with zero attached hydrogens (tertiary/aromatic N) is 1. The average molecular weight is 264 g/mol. The molecule has 4 nitrogen and oxygen atoms in total. The second-order valence-corrected chi connectivity index (χ2v) is 5.01. The number of hydrogen-bond acceptors (Lipinski definition) is 4. The van der Waals surface area contributed by atoms with E-state index >= 15 is 0 Å². The summed E-state index contributed by atoms with van der Waals surface area (Å²) >= 11 is 0. The number of rotatable bonds is 5. The van der Waals surface area contributed by atoms with Gasteiger partial charge in [0.15, 0.2) is 0 Å². The minimum Gasteiger partial charge on any atom is -0.486 e. The fourth-order valence-electron chi connectivity index (χ4n) is 2.49. The first-order valence-electron chi connectivity index (χ1n) is 7.13. The summed E-state index contributed by atoms with van der Waals surface area (Å²) in [6.45, 7) is 6.64. The number of aliphatic hydroxyl groups is 1. The maximum absolute atomic E-state index is 10.0. The summed E-state index contributed by atoms with van der Waals surface area (Å²) in [4.78, 5) is 2.31. The van der Waals surface area contributed by atoms with Crippen molar-refractivity contribution in [2.75, 3.05) is 24.5 Å². The van der Waals surface area contributed by atoms with Gasteiger partial charge in [-0.05, 0) is 44.0 Å². The standard InChI is InChI=1S/C15H24N2O2/c1-3-12-10-17(4-2)13-9-11(14(18)7-8-16)5-6-15(13)19-12/h5-6,9,12,14,18H,3-4,7-8,10,16H2,1-2H3. The van der Waals surface area contributed by atoms with Gasteiger partial charge in [0.25, 0.3) is 0 Å². The third-order valence-corrected chi connectivity index (χ3v) is 3.70. The molecule has 1 heterocycles. The van der Waals surface area contributed by atoms with E-state index in [0.717, 1.165) is 36.5 Å². The molecule has 0 saturated carbocycles. The van der Waals surface area contributed by atoms with Crippen molar-refractivity contribution in [2.24, 2.45) is 5.73 Å². The van der Waals surface area contributed by atoms with Crippen LogP contribution in [0.4, 0.5) is 5.69 Å². The molecule has 19 heavy (non-hydrogen) atoms. The van der Waals surface area contributed by atoms with E-state index < -0.39 is 6.10 Å². The monoisotopic (exact) mass is 264 g/mol. The Morgan fingerprint density at radius 2 is 2.26 bits per heavy atom. The van der Waals surface area contributed by atoms with Crippen molar-refractivity contribution in [2.45, 2.75) is 38.9 Å². The highest BCUT2D eigenvalue weighted by Crippen LogP contribution is 2.36. The molecule has 0 bridgehead atoms. The summed E-state index contributed by atoms with van der Waals surface area (Å²) in [6, 6.07) is 5.94. The van der Waals surface area contributed by atoms with Gasteiger partial charge in [-0.15, -0.1) is 0 Å². The molecular weight excluding hydrogens is 240 g/mol. The van der Waals surface area contributed by atoms with E-state index in [-0.39, 0.29) is 6.10 Å². The lowest BCUT2D eigenvalue weighted by atomic mass is 10.0. The van der Waals surface area contributed by atoms with E-state index in [2.05, 4.69) is 18.7 Å². The summed E-state index contributed by atoms with van der Waals surface area (Å²) in [6.07, 6.45) is 1.36. The molecule has 2 atom stereocenters. The lowest BCUT2D eigenvalue weighted by Crippen LogP contribution is -2.39. The third-order valence-electron chi connectivity index (χ3n) is 3.70. The predicted octanol–water partition coefficient (Wildman–Crippen LogP) is 2.07. The zero-order chi connectivity index (χ0) is 13.8. The number of nitrogens with two attached hydrogens (primary N) is 1. The number of aliphatic hydroxyl groups excluding tert-OH is 1. The van der Waals surface area contributed by atoms with Gasteiger partial charge in [-0.1, -0.05) is 13.0 Å². The van der Waals surface area contributed by atoms with Crippen molar-refractivity contribution >= 4 is 5.69 Å². The Morgan fingerprint density at radius 1 is 1.47 bits per heavy atom. The maximum Gasteiger partial charge on any atom is 0.143 e. The van der Waals surface area contributed by atoms with Gasteiger partial charge in [-0.25, -0.2) is 0 Å². The third kappa shape index (κ3) is 3.01. The maximum atomic E-state index is 10.0. The highest BCUT2D eigenvalue weighted by molar-refractivity contribution is 5.62. The predicted molar refractivity (Wildman–Crippen MR) is 77.7 cm³/mol. The molecule has 0 spiro atoms. The lowest BCUT2D eigenvalue weighted by Gasteiger charge is -2.36. The van der Waals surface area contributed by atoms with Gasteiger partial charge in [0.1, 0.15) is 11.9 Å². The van der Waals surface area contributed by atoms with Crippen molar-refractivity contribution in [3.05, 3.63) is 23.8 Å². The Bertz CT molecular complexity index is 423. The van der Waals surface area contributed by atoms with E-state index in [0.29, 0.717) is 13.0 Å². The van der Waals surface area contributed by atoms with Crippen molar-refractivity contribution in [3.8, 4) is 5.75 Å². The van der Waals surface area contributed by atoms with Gasteiger partial charge >= 0.3 is 0 Å². The Balaban J connectivity index is 2.28. The molecule has 0 radical (unpaired) electrons. The van der Waals surface area contributed by atoms with E-state index in [1.165, 1.54) is 0 Å². The number of ether oxygens (including phenoxy) is 1. The number of anilines is 1. The van der Waals surface area contributed by atoms with Crippen molar-refractivity contribution in [3.63, 3.8) is 0 Å². The molecule has 0 amide bonds. The summed E-state index contributed by atoms with van der Waals surface area (Å²) in [5.74, 6) is 0.920. The Hall–Kier alpha value is -1.26. The minimum absolute atomic E-state index is 0.257. The molecule has 1 aliphatic heterocycles. The van der Waals surface area contributed by atoms with Crippen LogP contribution in [0.25, 0.3) is 0 Å². The molecule has 1 aromatic carbocycles. The second kappa shape index (κ2) is 6.26. The molecule has 3 N–H and O–H groups in total. The van der Waals surface area contributed by atoms with Crippen molar-refractivity contribution in [1.29, 1.82) is 0 Å². The highest BCUT2D eigenvalue weighted by Gasteiger charge is 2.24. The van der Waals surface area contributed by atoms with Crippen LogP contribution in [0.15, 0.2) is 18.2 Å². The molecule has 4 heteroatoms. The van der Waals surface area contributed by atoms with E-state index in [1.54, 1.807) is 0 Å². The number of benzene rings is 1. The first-order valence-corrected chi connectivity index (χ1v) is 7.13. The first-order chi connectivity index (χ1) is 9.19. The van der Waals surface area contributed by atoms with Crippen molar-refractivity contribution < 1.29 is 9.84 Å². The van der Waals surface area contributed by atoms with Crippen LogP contribution in [0.5, 0.6) is 5.75 Å². The molecule has 0 saturated heterocycles. The van der Waals surface area contributed by atoms with Gasteiger partial charge in [0.2, 0.25) is 0 Å². The average Bonchev–Trinajstić information content (AvgIpc) is 2.45. The molecule has 106 valence electrons. The number of hydrogen-bond donors (Lipinski definition) is 2. The summed E-state index contributed by atoms with van der Waals surface area (Å²) in [5, 5.41) is 10.0. The fourth-order valence-corrected chi connectivity index (χ4v) is 2.49. The normalized spacial score (nSPS) is 19.8. The summed E-state index contributed by atoms with van der Waals surface area (Å²) < 4.78 is 5.96. The van der Waals surface area contributed by atoms with Gasteiger partial charge in [-0.2, -0.15) is 0 Å². The molecule has 0 aliphatic carbocycles. The van der Waals surface area contributed by atoms with E-state index in [1.807, 2.05) is 18.2 Å². The van der Waals surface area contributed by atoms with Crippen LogP contribution in [0.2, 0.25) is 0 Å². The van der Waals surface area contributed by atoms with Crippen LogP contribution in [-0.4, -0.2) is 30.8 Å². The molecule has 1 aliphatic rings. The number of fused-ring (bicyclic) bond motifs is 1. The summed E-state index contributed by atoms with van der Waals surface area (Å²) in [5.41, 5.74) is 7.50. The zero-order valence-electron chi connectivity index (χ0n) is 11.8. The topological polar surface area (TPSA) is 58.7 Å². The fraction of sp³-hybridized carbons (Fsp3) is 0.600. The second-order valence-electron chi connectivity index (χ2n) is 5.01. The largest absolute Gasteiger partial charge is 0.486 e. The minimum atomic E-state index is -0.488. The van der Waals surface area contributed by atoms with Crippen LogP contribution < -0.4 is 15.4 Å². The van der Waals surface area contributed by atoms with Gasteiger partial charge in [0.05, 0.1) is 18.3 Å². The zero-order valence-corrected chi connectivity index (χ0v) is 11.8. The Labute approximate surface area is 115 Å². The highest BCUT2D eigenvalue weighted by atomic mass is 16.5. The molecule has 1 aromatic rings. The van der Waals surface area contributed by atoms with Gasteiger partial charge < -0.3 is 20.5 Å². The van der Waals surface area contributed by atoms with Gasteiger partial charge in [-0.3, -0.25) is 0 Å². The van der Waals surface area contributed by atoms with Crippen molar-refractivity contribution in [1.82, 2.24) is 0 Å².